The van der Waals surface area contributed by atoms with Gasteiger partial charge in [0.05, 0.1) is 17.3 Å². The first kappa shape index (κ1) is 15.7. The number of carbonyl (C=O) groups excluding carboxylic acids is 1. The lowest BCUT2D eigenvalue weighted by Crippen LogP contribution is -2.27. The Morgan fingerprint density at radius 3 is 3.05 bits per heavy atom. The Bertz CT molecular complexity index is 534. The lowest BCUT2D eigenvalue weighted by atomic mass is 10.2. The minimum absolute atomic E-state index is 0.212. The van der Waals surface area contributed by atoms with Crippen molar-refractivity contribution in [2.24, 2.45) is 4.99 Å². The number of carbonyl (C=O) groups is 1. The van der Waals surface area contributed by atoms with Gasteiger partial charge in [-0.3, -0.25) is 4.79 Å². The molecule has 0 N–H and O–H groups in total. The molecule has 6 heteroatoms. The molecule has 0 amide bonds. The van der Waals surface area contributed by atoms with Crippen LogP contribution in [0.2, 0.25) is 5.02 Å². The molecule has 0 fully saturated rings. The van der Waals surface area contributed by atoms with Crippen LogP contribution in [-0.4, -0.2) is 28.6 Å². The molecule has 0 aliphatic carbocycles. The number of aliphatic imine (C=N–C) groups is 1. The van der Waals surface area contributed by atoms with Crippen molar-refractivity contribution in [1.82, 2.24) is 0 Å². The Labute approximate surface area is 132 Å². The van der Waals surface area contributed by atoms with E-state index in [1.807, 2.05) is 32.0 Å². The third-order valence-electron chi connectivity index (χ3n) is 2.70. The zero-order chi connectivity index (χ0) is 14.5. The maximum Gasteiger partial charge on any atom is 0.325 e. The van der Waals surface area contributed by atoms with Crippen molar-refractivity contribution in [3.63, 3.8) is 0 Å². The number of esters is 1. The molecule has 1 aliphatic heterocycles. The predicted molar refractivity (Wildman–Crippen MR) is 88.4 cm³/mol. The lowest BCUT2D eigenvalue weighted by molar-refractivity contribution is -0.141. The molecule has 0 saturated carbocycles. The maximum atomic E-state index is 12.1. The van der Waals surface area contributed by atoms with Gasteiger partial charge in [0.2, 0.25) is 0 Å². The molecule has 0 radical (unpaired) electrons. The summed E-state index contributed by atoms with van der Waals surface area (Å²) >= 11 is 9.17. The number of nitrogens with zero attached hydrogens (tertiary/aromatic N) is 1. The van der Waals surface area contributed by atoms with Crippen molar-refractivity contribution in [3.05, 3.63) is 28.8 Å². The summed E-state index contributed by atoms with van der Waals surface area (Å²) in [5, 5.41) is 1.12. The Morgan fingerprint density at radius 2 is 2.35 bits per heavy atom. The molecule has 3 nitrogen and oxygen atoms in total. The molecule has 2 rings (SSSR count). The van der Waals surface area contributed by atoms with Gasteiger partial charge in [-0.1, -0.05) is 24.6 Å². The van der Waals surface area contributed by atoms with Crippen molar-refractivity contribution < 1.29 is 9.53 Å². The van der Waals surface area contributed by atoms with Crippen molar-refractivity contribution in [2.45, 2.75) is 24.9 Å². The molecule has 108 valence electrons. The van der Waals surface area contributed by atoms with Gasteiger partial charge in [0.25, 0.3) is 0 Å². The molecule has 1 atom stereocenters. The number of fused-ring (bicyclic) bond motifs is 1. The first-order valence-electron chi connectivity index (χ1n) is 6.43. The van der Waals surface area contributed by atoms with E-state index in [1.54, 1.807) is 23.5 Å². The first-order valence-corrected chi connectivity index (χ1v) is 8.85. The van der Waals surface area contributed by atoms with Crippen molar-refractivity contribution >= 4 is 51.8 Å². The first-order chi connectivity index (χ1) is 9.65. The number of benzene rings is 1. The molecule has 1 aromatic carbocycles. The maximum absolute atomic E-state index is 12.1. The molecule has 1 aromatic rings. The minimum Gasteiger partial charge on any atom is -0.465 e. The number of halogens is 1. The number of rotatable bonds is 3. The quantitative estimate of drug-likeness (QED) is 0.775. The summed E-state index contributed by atoms with van der Waals surface area (Å²) < 4.78 is 5.16. The van der Waals surface area contributed by atoms with Crippen molar-refractivity contribution in [1.29, 1.82) is 0 Å². The van der Waals surface area contributed by atoms with Gasteiger partial charge >= 0.3 is 5.97 Å². The van der Waals surface area contributed by atoms with Gasteiger partial charge in [0.15, 0.2) is 5.25 Å². The molecule has 0 bridgehead atoms. The highest BCUT2D eigenvalue weighted by molar-refractivity contribution is 8.16. The second-order valence-electron chi connectivity index (χ2n) is 4.10. The Balaban J connectivity index is 2.35. The van der Waals surface area contributed by atoms with Gasteiger partial charge in [-0.2, -0.15) is 0 Å². The van der Waals surface area contributed by atoms with Crippen LogP contribution in [0.4, 0.5) is 5.69 Å². The van der Waals surface area contributed by atoms with Gasteiger partial charge in [-0.05, 0) is 30.4 Å². The van der Waals surface area contributed by atoms with Crippen molar-refractivity contribution in [3.8, 4) is 0 Å². The zero-order valence-electron chi connectivity index (χ0n) is 11.4. The van der Waals surface area contributed by atoms with E-state index >= 15 is 0 Å². The van der Waals surface area contributed by atoms with E-state index in [0.29, 0.717) is 11.6 Å². The van der Waals surface area contributed by atoms with Gasteiger partial charge in [0.1, 0.15) is 0 Å². The average Bonchev–Trinajstić information content (AvgIpc) is 2.58. The summed E-state index contributed by atoms with van der Waals surface area (Å²) in [5.74, 6) is 1.38. The van der Waals surface area contributed by atoms with Crippen LogP contribution in [0.25, 0.3) is 0 Å². The Kier molecular flexibility index (Phi) is 5.81. The van der Waals surface area contributed by atoms with Crippen LogP contribution in [0, 0.1) is 0 Å². The normalized spacial score (nSPS) is 17.9. The van der Waals surface area contributed by atoms with Gasteiger partial charge in [-0.25, -0.2) is 4.99 Å². The summed E-state index contributed by atoms with van der Waals surface area (Å²) in [4.78, 5) is 16.7. The number of ether oxygens (including phenoxy) is 1. The van der Waals surface area contributed by atoms with E-state index in [2.05, 4.69) is 4.99 Å². The Morgan fingerprint density at radius 1 is 1.55 bits per heavy atom. The molecule has 1 heterocycles. The van der Waals surface area contributed by atoms with E-state index in [4.69, 9.17) is 16.3 Å². The summed E-state index contributed by atoms with van der Waals surface area (Å²) in [6, 6.07) is 5.67. The third kappa shape index (κ3) is 3.71. The second-order valence-corrected chi connectivity index (χ2v) is 6.91. The van der Waals surface area contributed by atoms with E-state index < -0.39 is 0 Å². The second kappa shape index (κ2) is 7.38. The fourth-order valence-corrected chi connectivity index (χ4v) is 4.10. The monoisotopic (exact) mass is 329 g/mol. The van der Waals surface area contributed by atoms with E-state index in [-0.39, 0.29) is 11.2 Å². The molecule has 0 spiro atoms. The zero-order valence-corrected chi connectivity index (χ0v) is 13.8. The van der Waals surface area contributed by atoms with Gasteiger partial charge in [-0.15, -0.1) is 23.5 Å². The fraction of sp³-hybridized carbons (Fsp3) is 0.429. The largest absolute Gasteiger partial charge is 0.465 e. The highest BCUT2D eigenvalue weighted by Crippen LogP contribution is 2.36. The SMILES string of the molecule is CCOC(=O)C1SCc2ccc(Cl)cc2N=C1SCC. The number of hydrogen-bond acceptors (Lipinski definition) is 5. The van der Waals surface area contributed by atoms with E-state index in [0.717, 1.165) is 27.8 Å². The molecule has 0 saturated heterocycles. The molecular formula is C14H16ClNO2S2. The fourth-order valence-electron chi connectivity index (χ4n) is 1.83. The highest BCUT2D eigenvalue weighted by Gasteiger charge is 2.29. The highest BCUT2D eigenvalue weighted by atomic mass is 35.5. The third-order valence-corrected chi connectivity index (χ3v) is 5.22. The number of hydrogen-bond donors (Lipinski definition) is 0. The van der Waals surface area contributed by atoms with Crippen LogP contribution in [0.3, 0.4) is 0 Å². The van der Waals surface area contributed by atoms with Crippen LogP contribution >= 0.6 is 35.1 Å². The van der Waals surface area contributed by atoms with E-state index in [1.165, 1.54) is 0 Å². The molecule has 0 aromatic heterocycles. The van der Waals surface area contributed by atoms with Gasteiger partial charge < -0.3 is 4.74 Å². The minimum atomic E-state index is -0.342. The van der Waals surface area contributed by atoms with Crippen LogP contribution in [-0.2, 0) is 15.3 Å². The van der Waals surface area contributed by atoms with Crippen molar-refractivity contribution in [2.75, 3.05) is 12.4 Å². The van der Waals surface area contributed by atoms with Crippen LogP contribution in [0.15, 0.2) is 23.2 Å². The topological polar surface area (TPSA) is 38.7 Å². The van der Waals surface area contributed by atoms with Crippen LogP contribution < -0.4 is 0 Å². The molecular weight excluding hydrogens is 314 g/mol. The summed E-state index contributed by atoms with van der Waals surface area (Å²) in [5.41, 5.74) is 1.95. The average molecular weight is 330 g/mol. The Hall–Kier alpha value is -0.650. The molecule has 1 unspecified atom stereocenters. The van der Waals surface area contributed by atoms with E-state index in [9.17, 15) is 4.79 Å². The summed E-state index contributed by atoms with van der Waals surface area (Å²) in [6.07, 6.45) is 0. The molecule has 20 heavy (non-hydrogen) atoms. The standard InChI is InChI=1S/C14H16ClNO2S2/c1-3-18-14(17)12-13(19-4-2)16-11-7-10(15)6-5-9(11)8-20-12/h5-7,12H,3-4,8H2,1-2H3. The van der Waals surface area contributed by atoms with Crippen LogP contribution in [0.5, 0.6) is 0 Å². The summed E-state index contributed by atoms with van der Waals surface area (Å²) in [6.45, 7) is 4.25. The predicted octanol–water partition coefficient (Wildman–Crippen LogP) is 4.30. The lowest BCUT2D eigenvalue weighted by Gasteiger charge is -2.14. The number of thioether (sulfide) groups is 2. The van der Waals surface area contributed by atoms with Crippen LogP contribution in [0.1, 0.15) is 19.4 Å². The van der Waals surface area contributed by atoms with Gasteiger partial charge in [0, 0.05) is 10.8 Å². The smallest absolute Gasteiger partial charge is 0.325 e. The molecule has 1 aliphatic rings. The summed E-state index contributed by atoms with van der Waals surface area (Å²) in [7, 11) is 0.